The fourth-order valence-electron chi connectivity index (χ4n) is 4.95. The largest absolute Gasteiger partial charge is 0.338 e. The summed E-state index contributed by atoms with van der Waals surface area (Å²) in [5.41, 5.74) is 3.39. The van der Waals surface area contributed by atoms with Gasteiger partial charge in [0, 0.05) is 38.0 Å². The first-order valence-electron chi connectivity index (χ1n) is 10.4. The van der Waals surface area contributed by atoms with Gasteiger partial charge in [-0.1, -0.05) is 5.92 Å². The third-order valence-corrected chi connectivity index (χ3v) is 6.33. The molecule has 0 aromatic heterocycles. The number of Topliss-reactive ketones (excluding diaryl/α,β-unsaturated/α-hetero) is 2. The van der Waals surface area contributed by atoms with Gasteiger partial charge in [-0.25, -0.2) is 4.79 Å². The van der Waals surface area contributed by atoms with Crippen LogP contribution in [0.3, 0.4) is 0 Å². The molecule has 3 rings (SSSR count). The number of hydrogen-bond donors (Lipinski definition) is 1. The summed E-state index contributed by atoms with van der Waals surface area (Å²) in [4.78, 5) is 40.2. The van der Waals surface area contributed by atoms with Crippen LogP contribution in [0.1, 0.15) is 67.7 Å². The highest BCUT2D eigenvalue weighted by Crippen LogP contribution is 2.46. The van der Waals surface area contributed by atoms with Gasteiger partial charge in [0.2, 0.25) is 0 Å². The lowest BCUT2D eigenvalue weighted by molar-refractivity contribution is -0.138. The zero-order chi connectivity index (χ0) is 21.2. The molecule has 1 heterocycles. The van der Waals surface area contributed by atoms with Crippen LogP contribution in [0.25, 0.3) is 0 Å². The van der Waals surface area contributed by atoms with Gasteiger partial charge >= 0.3 is 6.03 Å². The monoisotopic (exact) mass is 394 g/mol. The van der Waals surface area contributed by atoms with Crippen molar-refractivity contribution in [3.05, 3.63) is 34.4 Å². The van der Waals surface area contributed by atoms with E-state index >= 15 is 0 Å². The van der Waals surface area contributed by atoms with E-state index in [-0.39, 0.29) is 23.0 Å². The average Bonchev–Trinajstić information content (AvgIpc) is 2.64. The lowest BCUT2D eigenvalue weighted by Crippen LogP contribution is -2.50. The lowest BCUT2D eigenvalue weighted by atomic mass is 9.62. The second-order valence-corrected chi connectivity index (χ2v) is 8.44. The minimum absolute atomic E-state index is 0.0215. The Morgan fingerprint density at radius 2 is 1.69 bits per heavy atom. The van der Waals surface area contributed by atoms with Crippen LogP contribution in [-0.4, -0.2) is 42.1 Å². The molecule has 1 saturated carbocycles. The van der Waals surface area contributed by atoms with Gasteiger partial charge in [0.25, 0.3) is 0 Å². The number of nitrogens with zero attached hydrogens (tertiary/aromatic N) is 1. The molecule has 5 nitrogen and oxygen atoms in total. The van der Waals surface area contributed by atoms with Crippen molar-refractivity contribution < 1.29 is 14.4 Å². The lowest BCUT2D eigenvalue weighted by Gasteiger charge is -2.44. The van der Waals surface area contributed by atoms with Gasteiger partial charge in [0.05, 0.1) is 0 Å². The van der Waals surface area contributed by atoms with Crippen molar-refractivity contribution in [3.8, 4) is 11.8 Å². The molecule has 1 spiro atoms. The summed E-state index contributed by atoms with van der Waals surface area (Å²) < 4.78 is 0. The topological polar surface area (TPSA) is 66.5 Å². The molecule has 2 aliphatic rings. The molecule has 154 valence electrons. The van der Waals surface area contributed by atoms with E-state index in [0.29, 0.717) is 45.3 Å². The number of nitrogens with one attached hydrogen (secondary N) is 1. The molecule has 5 heteroatoms. The first-order chi connectivity index (χ1) is 13.8. The van der Waals surface area contributed by atoms with E-state index in [1.807, 2.05) is 32.9 Å². The van der Waals surface area contributed by atoms with Crippen LogP contribution in [-0.2, 0) is 9.59 Å². The van der Waals surface area contributed by atoms with Crippen molar-refractivity contribution >= 4 is 17.6 Å². The molecule has 1 aromatic carbocycles. The van der Waals surface area contributed by atoms with Gasteiger partial charge in [-0.3, -0.25) is 9.59 Å². The third-order valence-electron chi connectivity index (χ3n) is 6.33. The van der Waals surface area contributed by atoms with Crippen LogP contribution < -0.4 is 5.32 Å². The zero-order valence-electron chi connectivity index (χ0n) is 17.9. The summed E-state index contributed by atoms with van der Waals surface area (Å²) in [6.45, 7) is 9.40. The Bertz CT molecular complexity index is 855. The fraction of sp³-hybridized carbons (Fsp3) is 0.542. The maximum Gasteiger partial charge on any atom is 0.317 e. The molecule has 2 amide bonds. The predicted molar refractivity (Wildman–Crippen MR) is 113 cm³/mol. The molecule has 1 aromatic rings. The molecule has 0 atom stereocenters. The van der Waals surface area contributed by atoms with Gasteiger partial charge in [-0.15, -0.1) is 5.92 Å². The maximum atomic E-state index is 13.2. The Labute approximate surface area is 173 Å². The van der Waals surface area contributed by atoms with Crippen LogP contribution in [0.4, 0.5) is 4.79 Å². The number of rotatable bonds is 2. The van der Waals surface area contributed by atoms with Crippen LogP contribution in [0.5, 0.6) is 0 Å². The SMILES string of the molecule is CC#Cc1cc(C)c(C2C(=O)CC3(CCN(C(=O)NCC)CC3)CC2=O)c(C)c1. The van der Waals surface area contributed by atoms with Crippen molar-refractivity contribution in [2.75, 3.05) is 19.6 Å². The van der Waals surface area contributed by atoms with E-state index < -0.39 is 5.92 Å². The summed E-state index contributed by atoms with van der Waals surface area (Å²) in [6.07, 6.45) is 2.25. The van der Waals surface area contributed by atoms with Gasteiger partial charge in [0.1, 0.15) is 17.5 Å². The second-order valence-electron chi connectivity index (χ2n) is 8.44. The van der Waals surface area contributed by atoms with Crippen molar-refractivity contribution in [2.24, 2.45) is 5.41 Å². The standard InChI is InChI=1S/C24H30N2O3/c1-5-7-18-12-16(3)21(17(4)13-18)22-19(27)14-24(15-20(22)28)8-10-26(11-9-24)23(29)25-6-2/h12-13,22H,6,8-11,14-15H2,1-4H3,(H,25,29). The van der Waals surface area contributed by atoms with Gasteiger partial charge < -0.3 is 10.2 Å². The van der Waals surface area contributed by atoms with E-state index in [9.17, 15) is 14.4 Å². The first kappa shape index (κ1) is 21.1. The molecular formula is C24H30N2O3. The fourth-order valence-corrected chi connectivity index (χ4v) is 4.95. The van der Waals surface area contributed by atoms with Crippen LogP contribution in [0, 0.1) is 31.1 Å². The molecule has 2 fully saturated rings. The normalized spacial score (nSPS) is 19.1. The van der Waals surface area contributed by atoms with Crippen molar-refractivity contribution in [1.29, 1.82) is 0 Å². The van der Waals surface area contributed by atoms with Crippen molar-refractivity contribution in [2.45, 2.75) is 59.3 Å². The molecule has 0 unspecified atom stereocenters. The number of aryl methyl sites for hydroxylation is 2. The summed E-state index contributed by atoms with van der Waals surface area (Å²) in [5.74, 6) is 5.33. The second kappa shape index (κ2) is 8.41. The summed E-state index contributed by atoms with van der Waals surface area (Å²) >= 11 is 0. The average molecular weight is 395 g/mol. The van der Waals surface area contributed by atoms with Gasteiger partial charge in [0.15, 0.2) is 0 Å². The zero-order valence-corrected chi connectivity index (χ0v) is 17.9. The van der Waals surface area contributed by atoms with Crippen molar-refractivity contribution in [1.82, 2.24) is 10.2 Å². The molecular weight excluding hydrogens is 364 g/mol. The molecule has 1 aliphatic heterocycles. The summed E-state index contributed by atoms with van der Waals surface area (Å²) in [5, 5.41) is 2.82. The molecule has 0 bridgehead atoms. The quantitative estimate of drug-likeness (QED) is 0.617. The number of hydrogen-bond acceptors (Lipinski definition) is 3. The smallest absolute Gasteiger partial charge is 0.317 e. The number of likely N-dealkylation sites (tertiary alicyclic amines) is 1. The number of amides is 2. The van der Waals surface area contributed by atoms with Gasteiger partial charge in [-0.2, -0.15) is 0 Å². The van der Waals surface area contributed by atoms with Crippen LogP contribution in [0.2, 0.25) is 0 Å². The van der Waals surface area contributed by atoms with Crippen LogP contribution in [0.15, 0.2) is 12.1 Å². The summed E-state index contributed by atoms with van der Waals surface area (Å²) in [6, 6.07) is 3.87. The summed E-state index contributed by atoms with van der Waals surface area (Å²) in [7, 11) is 0. The van der Waals surface area contributed by atoms with E-state index in [1.54, 1.807) is 11.8 Å². The molecule has 1 aliphatic carbocycles. The number of carbonyl (C=O) groups excluding carboxylic acids is 3. The molecule has 29 heavy (non-hydrogen) atoms. The number of benzene rings is 1. The number of piperidine rings is 1. The Morgan fingerprint density at radius 1 is 1.14 bits per heavy atom. The highest BCUT2D eigenvalue weighted by atomic mass is 16.2. The minimum Gasteiger partial charge on any atom is -0.338 e. The first-order valence-corrected chi connectivity index (χ1v) is 10.4. The van der Waals surface area contributed by atoms with Gasteiger partial charge in [-0.05, 0) is 74.8 Å². The Kier molecular flexibility index (Phi) is 6.12. The molecule has 1 saturated heterocycles. The molecule has 0 radical (unpaired) electrons. The van der Waals surface area contributed by atoms with E-state index in [4.69, 9.17) is 0 Å². The van der Waals surface area contributed by atoms with E-state index in [1.165, 1.54) is 0 Å². The van der Waals surface area contributed by atoms with Crippen molar-refractivity contribution in [3.63, 3.8) is 0 Å². The Balaban J connectivity index is 1.78. The number of carbonyl (C=O) groups is 3. The number of ketones is 2. The van der Waals surface area contributed by atoms with E-state index in [2.05, 4.69) is 17.2 Å². The highest BCUT2D eigenvalue weighted by molar-refractivity contribution is 6.10. The predicted octanol–water partition coefficient (Wildman–Crippen LogP) is 3.50. The maximum absolute atomic E-state index is 13.2. The number of urea groups is 1. The minimum atomic E-state index is -0.661. The molecule has 1 N–H and O–H groups in total. The van der Waals surface area contributed by atoms with Crippen LogP contribution >= 0.6 is 0 Å². The third kappa shape index (κ3) is 4.22. The Hall–Kier alpha value is -2.61. The Morgan fingerprint density at radius 3 is 2.17 bits per heavy atom. The van der Waals surface area contributed by atoms with E-state index in [0.717, 1.165) is 22.3 Å². The highest BCUT2D eigenvalue weighted by Gasteiger charge is 2.47.